The molecule has 0 unspecified atom stereocenters. The molecule has 2 rings (SSSR count). The van der Waals surface area contributed by atoms with Crippen LogP contribution in [-0.2, 0) is 19.9 Å². The Morgan fingerprint density at radius 2 is 1.52 bits per heavy atom. The lowest BCUT2D eigenvalue weighted by atomic mass is 10.2. The zero-order valence-electron chi connectivity index (χ0n) is 12.8. The molecule has 0 saturated heterocycles. The molecule has 5 nitrogen and oxygen atoms in total. The summed E-state index contributed by atoms with van der Waals surface area (Å²) < 4.78 is 62.3. The van der Waals surface area contributed by atoms with Gasteiger partial charge < -0.3 is 0 Å². The van der Waals surface area contributed by atoms with Crippen molar-refractivity contribution in [3.63, 3.8) is 0 Å². The molecule has 8 heteroatoms. The van der Waals surface area contributed by atoms with Crippen LogP contribution in [0.5, 0.6) is 0 Å². The number of hydrogen-bond acceptors (Lipinski definition) is 4. The number of aryl methyl sites for hydroxylation is 1. The average Bonchev–Trinajstić information content (AvgIpc) is 2.45. The minimum Gasteiger partial charge on any atom is -0.269 e. The molecule has 23 heavy (non-hydrogen) atoms. The van der Waals surface area contributed by atoms with Crippen LogP contribution in [0.15, 0.2) is 52.3 Å². The second kappa shape index (κ2) is 5.93. The molecule has 0 radical (unpaired) electrons. The van der Waals surface area contributed by atoms with Gasteiger partial charge in [0.05, 0.1) is 15.5 Å². The highest BCUT2D eigenvalue weighted by molar-refractivity contribution is 7.92. The molecule has 0 aliphatic carbocycles. The van der Waals surface area contributed by atoms with Crippen LogP contribution in [0.1, 0.15) is 5.56 Å². The molecule has 0 spiro atoms. The average molecular weight is 357 g/mol. The third-order valence-corrected chi connectivity index (χ3v) is 6.48. The molecule has 0 fully saturated rings. The molecule has 0 heterocycles. The van der Waals surface area contributed by atoms with E-state index in [2.05, 4.69) is 0 Å². The van der Waals surface area contributed by atoms with Gasteiger partial charge in [0.25, 0.3) is 10.0 Å². The Bertz CT molecular complexity index is 936. The maximum absolute atomic E-state index is 13.2. The van der Waals surface area contributed by atoms with Crippen molar-refractivity contribution in [2.45, 2.75) is 16.7 Å². The summed E-state index contributed by atoms with van der Waals surface area (Å²) in [4.78, 5) is 0.0959. The number of anilines is 1. The highest BCUT2D eigenvalue weighted by atomic mass is 32.2. The van der Waals surface area contributed by atoms with Gasteiger partial charge in [0.2, 0.25) is 0 Å². The van der Waals surface area contributed by atoms with Crippen LogP contribution >= 0.6 is 0 Å². The Labute approximate surface area is 135 Å². The van der Waals surface area contributed by atoms with Crippen molar-refractivity contribution in [3.8, 4) is 0 Å². The first kappa shape index (κ1) is 17.4. The van der Waals surface area contributed by atoms with Crippen LogP contribution in [0.3, 0.4) is 0 Å². The van der Waals surface area contributed by atoms with E-state index in [0.29, 0.717) is 11.3 Å². The summed E-state index contributed by atoms with van der Waals surface area (Å²) in [5.74, 6) is -0.512. The highest BCUT2D eigenvalue weighted by Crippen LogP contribution is 2.25. The lowest BCUT2D eigenvalue weighted by Crippen LogP contribution is -2.27. The Kier molecular flexibility index (Phi) is 4.50. The van der Waals surface area contributed by atoms with Crippen LogP contribution in [0.2, 0.25) is 0 Å². The standard InChI is InChI=1S/C15H16FNO4S2/c1-11-10-12(16)4-9-15(11)23(20,21)17(2)13-5-7-14(8-6-13)22(3,18)19/h4-10H,1-3H3. The maximum Gasteiger partial charge on any atom is 0.264 e. The highest BCUT2D eigenvalue weighted by Gasteiger charge is 2.23. The summed E-state index contributed by atoms with van der Waals surface area (Å²) in [6.07, 6.45) is 1.07. The Morgan fingerprint density at radius 3 is 2.00 bits per heavy atom. The lowest BCUT2D eigenvalue weighted by molar-refractivity contribution is 0.592. The number of nitrogens with zero attached hydrogens (tertiary/aromatic N) is 1. The van der Waals surface area contributed by atoms with Gasteiger partial charge in [-0.2, -0.15) is 0 Å². The summed E-state index contributed by atoms with van der Waals surface area (Å²) in [6.45, 7) is 1.51. The Hall–Kier alpha value is -1.93. The number of hydrogen-bond donors (Lipinski definition) is 0. The first-order valence-electron chi connectivity index (χ1n) is 6.58. The van der Waals surface area contributed by atoms with Crippen molar-refractivity contribution in [2.75, 3.05) is 17.6 Å². The first-order chi connectivity index (χ1) is 10.5. The van der Waals surface area contributed by atoms with Crippen molar-refractivity contribution < 1.29 is 21.2 Å². The molecule has 2 aromatic rings. The molecule has 0 bridgehead atoms. The minimum absolute atomic E-state index is 0.00594. The molecule has 0 amide bonds. The largest absolute Gasteiger partial charge is 0.269 e. The van der Waals surface area contributed by atoms with Gasteiger partial charge in [0.15, 0.2) is 9.84 Å². The fourth-order valence-corrected chi connectivity index (χ4v) is 4.12. The summed E-state index contributed by atoms with van der Waals surface area (Å²) in [5, 5.41) is 0. The summed E-state index contributed by atoms with van der Waals surface area (Å²) in [5.41, 5.74) is 0.603. The fraction of sp³-hybridized carbons (Fsp3) is 0.200. The van der Waals surface area contributed by atoms with Gasteiger partial charge in [0.1, 0.15) is 5.82 Å². The van der Waals surface area contributed by atoms with E-state index in [-0.39, 0.29) is 9.79 Å². The molecule has 0 aliphatic rings. The summed E-state index contributed by atoms with van der Waals surface area (Å²) in [7, 11) is -5.87. The topological polar surface area (TPSA) is 71.5 Å². The molecule has 0 atom stereocenters. The van der Waals surface area contributed by atoms with Gasteiger partial charge >= 0.3 is 0 Å². The van der Waals surface area contributed by atoms with E-state index in [1.165, 1.54) is 44.3 Å². The predicted octanol–water partition coefficient (Wildman–Crippen LogP) is 2.36. The van der Waals surface area contributed by atoms with Gasteiger partial charge in [-0.05, 0) is 55.0 Å². The van der Waals surface area contributed by atoms with Crippen LogP contribution in [-0.4, -0.2) is 30.1 Å². The van der Waals surface area contributed by atoms with Crippen LogP contribution in [0.25, 0.3) is 0 Å². The second-order valence-electron chi connectivity index (χ2n) is 5.15. The molecular weight excluding hydrogens is 341 g/mol. The molecule has 0 N–H and O–H groups in total. The second-order valence-corrected chi connectivity index (χ2v) is 9.10. The summed E-state index contributed by atoms with van der Waals surface area (Å²) >= 11 is 0. The van der Waals surface area contributed by atoms with Crippen LogP contribution < -0.4 is 4.31 Å². The van der Waals surface area contributed by atoms with E-state index in [0.717, 1.165) is 22.7 Å². The maximum atomic E-state index is 13.2. The van der Waals surface area contributed by atoms with Gasteiger partial charge in [-0.3, -0.25) is 4.31 Å². The summed E-state index contributed by atoms with van der Waals surface area (Å²) in [6, 6.07) is 8.94. The molecule has 0 saturated carbocycles. The predicted molar refractivity (Wildman–Crippen MR) is 86.3 cm³/mol. The molecule has 124 valence electrons. The van der Waals surface area contributed by atoms with Crippen molar-refractivity contribution in [1.82, 2.24) is 0 Å². The number of halogens is 1. The van der Waals surface area contributed by atoms with E-state index >= 15 is 0 Å². The van der Waals surface area contributed by atoms with E-state index in [4.69, 9.17) is 0 Å². The first-order valence-corrected chi connectivity index (χ1v) is 9.92. The fourth-order valence-electron chi connectivity index (χ4n) is 2.09. The van der Waals surface area contributed by atoms with Crippen molar-refractivity contribution in [3.05, 3.63) is 53.8 Å². The van der Waals surface area contributed by atoms with Crippen molar-refractivity contribution in [1.29, 1.82) is 0 Å². The Balaban J connectivity index is 2.44. The van der Waals surface area contributed by atoms with E-state index in [1.54, 1.807) is 0 Å². The SMILES string of the molecule is Cc1cc(F)ccc1S(=O)(=O)N(C)c1ccc(S(C)(=O)=O)cc1. The molecule has 2 aromatic carbocycles. The number of rotatable bonds is 4. The van der Waals surface area contributed by atoms with Crippen molar-refractivity contribution in [2.24, 2.45) is 0 Å². The minimum atomic E-state index is -3.87. The Morgan fingerprint density at radius 1 is 0.957 bits per heavy atom. The van der Waals surface area contributed by atoms with Gasteiger partial charge in [-0.15, -0.1) is 0 Å². The number of sulfonamides is 1. The zero-order chi connectivity index (χ0) is 17.4. The van der Waals surface area contributed by atoms with E-state index in [9.17, 15) is 21.2 Å². The van der Waals surface area contributed by atoms with E-state index < -0.39 is 25.7 Å². The smallest absolute Gasteiger partial charge is 0.264 e. The third-order valence-electron chi connectivity index (χ3n) is 3.40. The quantitative estimate of drug-likeness (QED) is 0.842. The van der Waals surface area contributed by atoms with Gasteiger partial charge in [-0.25, -0.2) is 21.2 Å². The number of benzene rings is 2. The number of sulfone groups is 1. The molecule has 0 aliphatic heterocycles. The third kappa shape index (κ3) is 3.53. The molecular formula is C15H16FNO4S2. The lowest BCUT2D eigenvalue weighted by Gasteiger charge is -2.20. The van der Waals surface area contributed by atoms with E-state index in [1.807, 2.05) is 0 Å². The normalized spacial score (nSPS) is 12.2. The van der Waals surface area contributed by atoms with Gasteiger partial charge in [0, 0.05) is 13.3 Å². The van der Waals surface area contributed by atoms with Crippen LogP contribution in [0.4, 0.5) is 10.1 Å². The molecule has 0 aromatic heterocycles. The monoisotopic (exact) mass is 357 g/mol. The van der Waals surface area contributed by atoms with Crippen LogP contribution in [0, 0.1) is 12.7 Å². The van der Waals surface area contributed by atoms with Gasteiger partial charge in [-0.1, -0.05) is 0 Å². The zero-order valence-corrected chi connectivity index (χ0v) is 14.4. The van der Waals surface area contributed by atoms with Crippen molar-refractivity contribution >= 4 is 25.5 Å².